The minimum atomic E-state index is 0.460. The number of rotatable bonds is 1. The first-order chi connectivity index (χ1) is 9.83. The van der Waals surface area contributed by atoms with E-state index in [1.807, 2.05) is 17.7 Å². The molecule has 5 nitrogen and oxygen atoms in total. The van der Waals surface area contributed by atoms with Gasteiger partial charge in [0.1, 0.15) is 11.8 Å². The van der Waals surface area contributed by atoms with Gasteiger partial charge in [0.05, 0.1) is 6.33 Å². The first kappa shape index (κ1) is 10.8. The van der Waals surface area contributed by atoms with Crippen molar-refractivity contribution in [1.82, 2.24) is 19.5 Å². The molecule has 0 amide bonds. The van der Waals surface area contributed by atoms with E-state index in [2.05, 4.69) is 31.0 Å². The van der Waals surface area contributed by atoms with Gasteiger partial charge in [-0.25, -0.2) is 15.0 Å². The maximum absolute atomic E-state index is 5.88. The Hall–Kier alpha value is -1.95. The van der Waals surface area contributed by atoms with Crippen LogP contribution in [-0.2, 0) is 0 Å². The third-order valence-corrected chi connectivity index (χ3v) is 5.87. The zero-order valence-corrected chi connectivity index (χ0v) is 11.5. The summed E-state index contributed by atoms with van der Waals surface area (Å²) in [5, 5.41) is 2.22. The third kappa shape index (κ3) is 1.20. The van der Waals surface area contributed by atoms with Gasteiger partial charge in [-0.1, -0.05) is 0 Å². The molecule has 0 aliphatic heterocycles. The van der Waals surface area contributed by atoms with E-state index in [-0.39, 0.29) is 0 Å². The van der Waals surface area contributed by atoms with Crippen molar-refractivity contribution in [1.29, 1.82) is 0 Å². The fourth-order valence-corrected chi connectivity index (χ4v) is 5.05. The standard InChI is InChI=1S/C14H13N5S/c15-13-11-14(17-5-16-13)19(6-18-11)10-4-7-3-9(10)8-1-2-20-12(7)8/h1-2,5-7,9-10H,3-4H2,(H2,15,16,17)/t7-,9-,10+/m0/s1. The highest BCUT2D eigenvalue weighted by Crippen LogP contribution is 2.59. The Kier molecular flexibility index (Phi) is 1.93. The fraction of sp³-hybridized carbons (Fsp3) is 0.357. The molecule has 2 bridgehead atoms. The van der Waals surface area contributed by atoms with Crippen molar-refractivity contribution in [3.63, 3.8) is 0 Å². The normalized spacial score (nSPS) is 27.3. The average molecular weight is 283 g/mol. The summed E-state index contributed by atoms with van der Waals surface area (Å²) in [5.74, 6) is 1.79. The van der Waals surface area contributed by atoms with Crippen LogP contribution in [0.3, 0.4) is 0 Å². The second kappa shape index (κ2) is 3.58. The Labute approximate surface area is 119 Å². The molecule has 0 saturated heterocycles. The number of aromatic nitrogens is 4. The quantitative estimate of drug-likeness (QED) is 0.745. The zero-order chi connectivity index (χ0) is 13.3. The Morgan fingerprint density at radius 2 is 2.20 bits per heavy atom. The maximum Gasteiger partial charge on any atom is 0.165 e. The van der Waals surface area contributed by atoms with Gasteiger partial charge < -0.3 is 10.3 Å². The summed E-state index contributed by atoms with van der Waals surface area (Å²) in [6.45, 7) is 0. The topological polar surface area (TPSA) is 69.6 Å². The molecule has 0 spiro atoms. The van der Waals surface area contributed by atoms with Crippen LogP contribution in [0.2, 0.25) is 0 Å². The summed E-state index contributed by atoms with van der Waals surface area (Å²) in [7, 11) is 0. The highest BCUT2D eigenvalue weighted by Gasteiger charge is 2.45. The van der Waals surface area contributed by atoms with Crippen molar-refractivity contribution in [2.75, 3.05) is 5.73 Å². The van der Waals surface area contributed by atoms with Gasteiger partial charge in [-0.05, 0) is 35.8 Å². The largest absolute Gasteiger partial charge is 0.382 e. The summed E-state index contributed by atoms with van der Waals surface area (Å²) in [6.07, 6.45) is 5.87. The maximum atomic E-state index is 5.88. The summed E-state index contributed by atoms with van der Waals surface area (Å²) < 4.78 is 2.21. The van der Waals surface area contributed by atoms with Crippen LogP contribution in [-0.4, -0.2) is 19.5 Å². The predicted octanol–water partition coefficient (Wildman–Crippen LogP) is 2.69. The molecule has 3 heterocycles. The van der Waals surface area contributed by atoms with Crippen molar-refractivity contribution < 1.29 is 0 Å². The number of nitrogens with two attached hydrogens (primary N) is 1. The highest BCUT2D eigenvalue weighted by atomic mass is 32.1. The van der Waals surface area contributed by atoms with Gasteiger partial charge in [-0.3, -0.25) is 0 Å². The minimum absolute atomic E-state index is 0.460. The number of hydrogen-bond acceptors (Lipinski definition) is 5. The molecule has 6 heteroatoms. The molecule has 3 aromatic heterocycles. The van der Waals surface area contributed by atoms with Gasteiger partial charge >= 0.3 is 0 Å². The molecule has 0 aromatic carbocycles. The molecule has 3 aromatic rings. The molecule has 5 rings (SSSR count). The molecular formula is C14H13N5S. The van der Waals surface area contributed by atoms with Gasteiger partial charge in [0.25, 0.3) is 0 Å². The molecule has 3 atom stereocenters. The molecule has 2 aliphatic carbocycles. The molecule has 0 radical (unpaired) electrons. The summed E-state index contributed by atoms with van der Waals surface area (Å²) in [6, 6.07) is 2.75. The molecule has 0 unspecified atom stereocenters. The first-order valence-corrected chi connectivity index (χ1v) is 7.71. The van der Waals surface area contributed by atoms with Crippen LogP contribution < -0.4 is 5.73 Å². The number of nitrogens with zero attached hydrogens (tertiary/aromatic N) is 4. The number of fused-ring (bicyclic) bond motifs is 6. The van der Waals surface area contributed by atoms with Crippen molar-refractivity contribution in [2.24, 2.45) is 0 Å². The van der Waals surface area contributed by atoms with Gasteiger partial charge in [-0.2, -0.15) is 0 Å². The molecular weight excluding hydrogens is 270 g/mol. The molecule has 20 heavy (non-hydrogen) atoms. The van der Waals surface area contributed by atoms with Crippen LogP contribution in [0.4, 0.5) is 5.82 Å². The van der Waals surface area contributed by atoms with E-state index in [1.165, 1.54) is 19.2 Å². The molecule has 1 saturated carbocycles. The highest BCUT2D eigenvalue weighted by molar-refractivity contribution is 7.10. The summed E-state index contributed by atoms with van der Waals surface area (Å²) in [4.78, 5) is 14.4. The third-order valence-electron chi connectivity index (χ3n) is 4.77. The number of hydrogen-bond donors (Lipinski definition) is 1. The summed E-state index contributed by atoms with van der Waals surface area (Å²) >= 11 is 1.91. The van der Waals surface area contributed by atoms with Crippen molar-refractivity contribution in [2.45, 2.75) is 30.7 Å². The lowest BCUT2D eigenvalue weighted by Gasteiger charge is -2.23. The minimum Gasteiger partial charge on any atom is -0.382 e. The van der Waals surface area contributed by atoms with E-state index in [1.54, 1.807) is 10.4 Å². The Balaban J connectivity index is 1.66. The molecule has 2 N–H and O–H groups in total. The van der Waals surface area contributed by atoms with E-state index in [0.717, 1.165) is 17.1 Å². The van der Waals surface area contributed by atoms with E-state index in [4.69, 9.17) is 5.73 Å². The SMILES string of the molecule is Nc1ncnc2c1ncn2[C@@H]1C[C@@H]2C[C@H]1c1ccsc12. The van der Waals surface area contributed by atoms with Crippen LogP contribution in [0.25, 0.3) is 11.2 Å². The van der Waals surface area contributed by atoms with Crippen LogP contribution in [0.1, 0.15) is 41.2 Å². The average Bonchev–Trinajstić information content (AvgIpc) is 3.19. The molecule has 100 valence electrons. The van der Waals surface area contributed by atoms with E-state index < -0.39 is 0 Å². The molecule has 2 aliphatic rings. The smallest absolute Gasteiger partial charge is 0.165 e. The number of nitrogen functional groups attached to an aromatic ring is 1. The Morgan fingerprint density at radius 3 is 3.15 bits per heavy atom. The number of anilines is 1. The van der Waals surface area contributed by atoms with E-state index in [9.17, 15) is 0 Å². The Bertz CT molecular complexity index is 820. The number of thiophene rings is 1. The first-order valence-electron chi connectivity index (χ1n) is 6.83. The lowest BCUT2D eigenvalue weighted by atomic mass is 9.93. The second-order valence-electron chi connectivity index (χ2n) is 5.67. The van der Waals surface area contributed by atoms with Gasteiger partial charge in [-0.15, -0.1) is 11.3 Å². The van der Waals surface area contributed by atoms with Crippen molar-refractivity contribution in [3.05, 3.63) is 34.5 Å². The van der Waals surface area contributed by atoms with Crippen LogP contribution >= 0.6 is 11.3 Å². The van der Waals surface area contributed by atoms with E-state index in [0.29, 0.717) is 17.8 Å². The van der Waals surface area contributed by atoms with E-state index >= 15 is 0 Å². The van der Waals surface area contributed by atoms with Crippen molar-refractivity contribution in [3.8, 4) is 0 Å². The van der Waals surface area contributed by atoms with Crippen LogP contribution in [0.5, 0.6) is 0 Å². The molecule has 1 fully saturated rings. The van der Waals surface area contributed by atoms with Gasteiger partial charge in [0.2, 0.25) is 0 Å². The summed E-state index contributed by atoms with van der Waals surface area (Å²) in [5.41, 5.74) is 9.01. The monoisotopic (exact) mass is 283 g/mol. The van der Waals surface area contributed by atoms with Gasteiger partial charge in [0.15, 0.2) is 11.5 Å². The van der Waals surface area contributed by atoms with Gasteiger partial charge in [0, 0.05) is 16.8 Å². The second-order valence-corrected chi connectivity index (χ2v) is 6.61. The van der Waals surface area contributed by atoms with Crippen molar-refractivity contribution >= 4 is 28.3 Å². The Morgan fingerprint density at radius 1 is 1.25 bits per heavy atom. The van der Waals surface area contributed by atoms with Crippen LogP contribution in [0, 0.1) is 0 Å². The van der Waals surface area contributed by atoms with Crippen LogP contribution in [0.15, 0.2) is 24.1 Å². The lowest BCUT2D eigenvalue weighted by molar-refractivity contribution is 0.460. The zero-order valence-electron chi connectivity index (χ0n) is 10.7. The number of imidazole rings is 1. The fourth-order valence-electron chi connectivity index (χ4n) is 3.95. The lowest BCUT2D eigenvalue weighted by Crippen LogP contribution is -2.14. The predicted molar refractivity (Wildman–Crippen MR) is 77.8 cm³/mol.